The lowest BCUT2D eigenvalue weighted by atomic mass is 10.1. The number of likely N-dealkylation sites (N-methyl/N-ethyl adjacent to an activating group) is 1. The van der Waals surface area contributed by atoms with E-state index in [1.54, 1.807) is 21.3 Å². The van der Waals surface area contributed by atoms with Gasteiger partial charge in [0, 0.05) is 39.5 Å². The molecular weight excluding hydrogens is 497 g/mol. The van der Waals surface area contributed by atoms with E-state index in [9.17, 15) is 0 Å². The van der Waals surface area contributed by atoms with Crippen LogP contribution in [0.2, 0.25) is 0 Å². The summed E-state index contributed by atoms with van der Waals surface area (Å²) in [5, 5.41) is 7.38. The molecule has 30 heavy (non-hydrogen) atoms. The summed E-state index contributed by atoms with van der Waals surface area (Å²) >= 11 is 0. The van der Waals surface area contributed by atoms with Crippen LogP contribution in [0.1, 0.15) is 43.5 Å². The van der Waals surface area contributed by atoms with Gasteiger partial charge in [0.05, 0.1) is 14.2 Å². The van der Waals surface area contributed by atoms with Crippen molar-refractivity contribution in [2.45, 2.75) is 39.0 Å². The molecule has 0 bridgehead atoms. The van der Waals surface area contributed by atoms with E-state index in [-0.39, 0.29) is 29.9 Å². The largest absolute Gasteiger partial charge is 0.493 e. The minimum atomic E-state index is 0. The first-order chi connectivity index (χ1) is 14.0. The standard InChI is InChI=1S/C21H33N5O3.HI/c1-15(2)20-24-19(29-25-20)8-7-12-23-21(22-3)26(4)13-11-16-9-10-17(27-5)18(14-16)28-6;/h9-10,14-15H,7-8,11-13H2,1-6H3,(H,22,23);1H. The molecule has 0 unspecified atom stereocenters. The molecule has 0 spiro atoms. The Morgan fingerprint density at radius 1 is 1.20 bits per heavy atom. The molecule has 2 aromatic rings. The second kappa shape index (κ2) is 13.3. The van der Waals surface area contributed by atoms with Crippen molar-refractivity contribution in [3.8, 4) is 11.5 Å². The Bertz CT molecular complexity index is 795. The minimum Gasteiger partial charge on any atom is -0.493 e. The molecular formula is C21H34IN5O3. The molecule has 1 N–H and O–H groups in total. The van der Waals surface area contributed by atoms with Crippen molar-refractivity contribution in [3.63, 3.8) is 0 Å². The van der Waals surface area contributed by atoms with E-state index in [0.717, 1.165) is 55.6 Å². The minimum absolute atomic E-state index is 0. The van der Waals surface area contributed by atoms with Crippen LogP contribution in [0.3, 0.4) is 0 Å². The Hall–Kier alpha value is -2.04. The van der Waals surface area contributed by atoms with Crippen molar-refractivity contribution in [1.82, 2.24) is 20.4 Å². The van der Waals surface area contributed by atoms with E-state index in [1.165, 1.54) is 5.56 Å². The smallest absolute Gasteiger partial charge is 0.226 e. The van der Waals surface area contributed by atoms with E-state index < -0.39 is 0 Å². The first-order valence-electron chi connectivity index (χ1n) is 9.93. The number of benzene rings is 1. The van der Waals surface area contributed by atoms with Crippen molar-refractivity contribution in [3.05, 3.63) is 35.5 Å². The first kappa shape index (κ1) is 26.0. The fourth-order valence-corrected chi connectivity index (χ4v) is 2.87. The SMILES string of the molecule is CN=C(NCCCc1nc(C(C)C)no1)N(C)CCc1ccc(OC)c(OC)c1.I. The quantitative estimate of drug-likeness (QED) is 0.217. The topological polar surface area (TPSA) is 85.0 Å². The summed E-state index contributed by atoms with van der Waals surface area (Å²) in [6.45, 7) is 5.72. The average molecular weight is 531 g/mol. The summed E-state index contributed by atoms with van der Waals surface area (Å²) in [7, 11) is 7.12. The van der Waals surface area contributed by atoms with Gasteiger partial charge in [0.25, 0.3) is 0 Å². The average Bonchev–Trinajstić information content (AvgIpc) is 3.21. The highest BCUT2D eigenvalue weighted by atomic mass is 127. The van der Waals surface area contributed by atoms with Crippen LogP contribution in [-0.4, -0.2) is 62.4 Å². The van der Waals surface area contributed by atoms with Gasteiger partial charge >= 0.3 is 0 Å². The number of aryl methyl sites for hydroxylation is 1. The zero-order chi connectivity index (χ0) is 21.2. The van der Waals surface area contributed by atoms with Crippen molar-refractivity contribution in [2.75, 3.05) is 41.4 Å². The third-order valence-corrected chi connectivity index (χ3v) is 4.61. The Morgan fingerprint density at radius 3 is 2.53 bits per heavy atom. The number of methoxy groups -OCH3 is 2. The second-order valence-electron chi connectivity index (χ2n) is 7.14. The highest BCUT2D eigenvalue weighted by Crippen LogP contribution is 2.27. The van der Waals surface area contributed by atoms with Crippen LogP contribution in [0.15, 0.2) is 27.7 Å². The van der Waals surface area contributed by atoms with Crippen molar-refractivity contribution in [2.24, 2.45) is 4.99 Å². The van der Waals surface area contributed by atoms with Gasteiger partial charge in [-0.3, -0.25) is 4.99 Å². The van der Waals surface area contributed by atoms with Crippen LogP contribution in [0.4, 0.5) is 0 Å². The van der Waals surface area contributed by atoms with Crippen molar-refractivity contribution in [1.29, 1.82) is 0 Å². The lowest BCUT2D eigenvalue weighted by molar-refractivity contribution is 0.354. The molecule has 1 aromatic heterocycles. The molecule has 0 amide bonds. The van der Waals surface area contributed by atoms with Gasteiger partial charge in [-0.1, -0.05) is 25.1 Å². The van der Waals surface area contributed by atoms with Crippen LogP contribution in [-0.2, 0) is 12.8 Å². The molecule has 1 aromatic carbocycles. The summed E-state index contributed by atoms with van der Waals surface area (Å²) in [5.41, 5.74) is 1.18. The first-order valence-corrected chi connectivity index (χ1v) is 9.93. The number of halogens is 1. The summed E-state index contributed by atoms with van der Waals surface area (Å²) in [5.74, 6) is 4.08. The number of nitrogens with zero attached hydrogens (tertiary/aromatic N) is 4. The number of hydrogen-bond acceptors (Lipinski definition) is 6. The highest BCUT2D eigenvalue weighted by molar-refractivity contribution is 14.0. The molecule has 9 heteroatoms. The second-order valence-corrected chi connectivity index (χ2v) is 7.14. The van der Waals surface area contributed by atoms with Gasteiger partial charge < -0.3 is 24.2 Å². The Kier molecular flexibility index (Phi) is 11.5. The fourth-order valence-electron chi connectivity index (χ4n) is 2.87. The number of rotatable bonds is 10. The molecule has 0 aliphatic carbocycles. The van der Waals surface area contributed by atoms with Crippen molar-refractivity contribution < 1.29 is 14.0 Å². The molecule has 8 nitrogen and oxygen atoms in total. The zero-order valence-electron chi connectivity index (χ0n) is 18.8. The number of aromatic nitrogens is 2. The normalized spacial score (nSPS) is 11.2. The molecule has 0 radical (unpaired) electrons. The summed E-state index contributed by atoms with van der Waals surface area (Å²) in [4.78, 5) is 10.9. The monoisotopic (exact) mass is 531 g/mol. The molecule has 0 saturated heterocycles. The fraction of sp³-hybridized carbons (Fsp3) is 0.571. The van der Waals surface area contributed by atoms with Crippen molar-refractivity contribution >= 4 is 29.9 Å². The van der Waals surface area contributed by atoms with Gasteiger partial charge in [-0.2, -0.15) is 4.98 Å². The molecule has 2 rings (SSSR count). The molecule has 168 valence electrons. The number of nitrogens with one attached hydrogen (secondary N) is 1. The highest BCUT2D eigenvalue weighted by Gasteiger charge is 2.11. The van der Waals surface area contributed by atoms with Gasteiger partial charge in [-0.15, -0.1) is 24.0 Å². The lowest BCUT2D eigenvalue weighted by Gasteiger charge is -2.22. The maximum Gasteiger partial charge on any atom is 0.226 e. The molecule has 0 aliphatic heterocycles. The third-order valence-electron chi connectivity index (χ3n) is 4.61. The summed E-state index contributed by atoms with van der Waals surface area (Å²) in [6, 6.07) is 6.00. The maximum absolute atomic E-state index is 5.38. The lowest BCUT2D eigenvalue weighted by Crippen LogP contribution is -2.40. The van der Waals surface area contributed by atoms with Gasteiger partial charge in [0.15, 0.2) is 23.3 Å². The molecule has 0 aliphatic rings. The summed E-state index contributed by atoms with van der Waals surface area (Å²) < 4.78 is 16.0. The molecule has 1 heterocycles. The number of hydrogen-bond donors (Lipinski definition) is 1. The Balaban J connectivity index is 0.00000450. The number of aliphatic imine (C=N–C) groups is 1. The molecule has 0 fully saturated rings. The maximum atomic E-state index is 5.38. The van der Waals surface area contributed by atoms with E-state index in [4.69, 9.17) is 14.0 Å². The van der Waals surface area contributed by atoms with Gasteiger partial charge in [0.2, 0.25) is 5.89 Å². The van der Waals surface area contributed by atoms with E-state index in [0.29, 0.717) is 5.89 Å². The van der Waals surface area contributed by atoms with Crippen LogP contribution >= 0.6 is 24.0 Å². The van der Waals surface area contributed by atoms with Crippen LogP contribution in [0.25, 0.3) is 0 Å². The predicted octanol–water partition coefficient (Wildman–Crippen LogP) is 3.51. The predicted molar refractivity (Wildman–Crippen MR) is 129 cm³/mol. The van der Waals surface area contributed by atoms with E-state index >= 15 is 0 Å². The molecule has 0 atom stereocenters. The number of guanidine groups is 1. The van der Waals surface area contributed by atoms with Gasteiger partial charge in [-0.25, -0.2) is 0 Å². The van der Waals surface area contributed by atoms with Crippen LogP contribution in [0, 0.1) is 0 Å². The Morgan fingerprint density at radius 2 is 1.93 bits per heavy atom. The third kappa shape index (κ3) is 7.66. The van der Waals surface area contributed by atoms with Crippen LogP contribution < -0.4 is 14.8 Å². The van der Waals surface area contributed by atoms with Gasteiger partial charge in [0.1, 0.15) is 0 Å². The van der Waals surface area contributed by atoms with E-state index in [2.05, 4.69) is 45.3 Å². The zero-order valence-corrected chi connectivity index (χ0v) is 21.1. The summed E-state index contributed by atoms with van der Waals surface area (Å²) in [6.07, 6.45) is 2.51. The molecule has 0 saturated carbocycles. The van der Waals surface area contributed by atoms with Gasteiger partial charge in [-0.05, 0) is 30.5 Å². The Labute approximate surface area is 196 Å². The number of ether oxygens (including phenoxy) is 2. The van der Waals surface area contributed by atoms with E-state index in [1.807, 2.05) is 19.2 Å². The van der Waals surface area contributed by atoms with Crippen LogP contribution in [0.5, 0.6) is 11.5 Å².